The van der Waals surface area contributed by atoms with E-state index in [-0.39, 0.29) is 5.75 Å². The fraction of sp³-hybridized carbons (Fsp3) is 0.667. The van der Waals surface area contributed by atoms with Crippen molar-refractivity contribution in [3.05, 3.63) is 23.3 Å². The second-order valence-corrected chi connectivity index (χ2v) is 8.32. The van der Waals surface area contributed by atoms with Gasteiger partial charge in [0.05, 0.1) is 13.2 Å². The minimum atomic E-state index is 0.269. The van der Waals surface area contributed by atoms with Gasteiger partial charge in [-0.3, -0.25) is 0 Å². The molecule has 0 aromatic heterocycles. The van der Waals surface area contributed by atoms with Crippen molar-refractivity contribution in [2.45, 2.75) is 57.8 Å². The van der Waals surface area contributed by atoms with Gasteiger partial charge in [-0.2, -0.15) is 5.26 Å². The van der Waals surface area contributed by atoms with Crippen LogP contribution in [-0.4, -0.2) is 12.2 Å². The number of benzene rings is 1. The summed E-state index contributed by atoms with van der Waals surface area (Å²) in [6.07, 6.45) is 7.96. The van der Waals surface area contributed by atoms with Crippen LogP contribution in [-0.2, 0) is 6.42 Å². The average Bonchev–Trinajstić information content (AvgIpc) is 2.91. The van der Waals surface area contributed by atoms with Crippen LogP contribution in [0.25, 0.3) is 0 Å². The average molecular weight is 325 g/mol. The fourth-order valence-corrected chi connectivity index (χ4v) is 6.31. The van der Waals surface area contributed by atoms with Gasteiger partial charge >= 0.3 is 0 Å². The predicted molar refractivity (Wildman–Crippen MR) is 93.0 cm³/mol. The number of hydrogen-bond donors (Lipinski definition) is 1. The van der Waals surface area contributed by atoms with Gasteiger partial charge in [-0.15, -0.1) is 0 Å². The molecule has 2 saturated carbocycles. The van der Waals surface area contributed by atoms with E-state index in [1.165, 1.54) is 43.2 Å². The maximum absolute atomic E-state index is 10.1. The van der Waals surface area contributed by atoms with Crippen molar-refractivity contribution in [3.8, 4) is 17.6 Å². The van der Waals surface area contributed by atoms with Crippen molar-refractivity contribution in [2.24, 2.45) is 23.2 Å². The van der Waals surface area contributed by atoms with E-state index in [4.69, 9.17) is 4.74 Å². The number of aryl methyl sites for hydroxylation is 1. The number of aromatic hydroxyl groups is 1. The number of hydrogen-bond acceptors (Lipinski definition) is 3. The van der Waals surface area contributed by atoms with Crippen molar-refractivity contribution in [2.75, 3.05) is 7.11 Å². The molecule has 1 N–H and O–H groups in total. The molecular formula is C21H27NO2. The number of phenolic OH excluding ortho intramolecular Hbond substituents is 1. The number of nitriles is 1. The zero-order chi connectivity index (χ0) is 16.9. The molecule has 0 bridgehead atoms. The molecule has 4 rings (SSSR count). The van der Waals surface area contributed by atoms with E-state index in [0.29, 0.717) is 23.0 Å². The lowest BCUT2D eigenvalue weighted by Gasteiger charge is -2.51. The maximum atomic E-state index is 10.1. The third-order valence-corrected chi connectivity index (χ3v) is 7.56. The van der Waals surface area contributed by atoms with Gasteiger partial charge in [-0.05, 0) is 90.9 Å². The van der Waals surface area contributed by atoms with Crippen LogP contribution in [0.1, 0.15) is 62.5 Å². The van der Waals surface area contributed by atoms with E-state index >= 15 is 0 Å². The molecule has 3 nitrogen and oxygen atoms in total. The van der Waals surface area contributed by atoms with Crippen molar-refractivity contribution in [3.63, 3.8) is 0 Å². The molecule has 3 aliphatic carbocycles. The Kier molecular flexibility index (Phi) is 3.75. The van der Waals surface area contributed by atoms with Gasteiger partial charge in [0.15, 0.2) is 11.5 Å². The number of phenols is 1. The van der Waals surface area contributed by atoms with Crippen LogP contribution in [0.5, 0.6) is 11.5 Å². The van der Waals surface area contributed by atoms with E-state index in [1.807, 2.05) is 6.07 Å². The standard InChI is InChI=1S/C21H27NO2/c1-21-9-7-15-16(18(21)6-4-14(21)8-10-22)5-3-13-11-19(23)20(24-2)12-17(13)15/h11-12,14-16,18,23H,3-9H2,1-2H3/t14-,15?,16?,18?,21-/m1/s1. The molecule has 0 heterocycles. The Labute approximate surface area is 144 Å². The molecule has 3 aliphatic rings. The second-order valence-electron chi connectivity index (χ2n) is 8.32. The van der Waals surface area contributed by atoms with Crippen LogP contribution >= 0.6 is 0 Å². The molecule has 0 radical (unpaired) electrons. The van der Waals surface area contributed by atoms with E-state index in [9.17, 15) is 10.4 Å². The zero-order valence-electron chi connectivity index (χ0n) is 14.7. The number of fused-ring (bicyclic) bond motifs is 5. The third kappa shape index (κ3) is 2.15. The molecular weight excluding hydrogens is 298 g/mol. The molecule has 0 spiro atoms. The molecule has 0 aliphatic heterocycles. The highest BCUT2D eigenvalue weighted by molar-refractivity contribution is 5.49. The van der Waals surface area contributed by atoms with Gasteiger partial charge in [-0.25, -0.2) is 0 Å². The lowest BCUT2D eigenvalue weighted by molar-refractivity contribution is 0.0296. The minimum absolute atomic E-state index is 0.269. The first-order valence-electron chi connectivity index (χ1n) is 9.35. The second kappa shape index (κ2) is 5.69. The summed E-state index contributed by atoms with van der Waals surface area (Å²) in [5, 5.41) is 19.3. The fourth-order valence-electron chi connectivity index (χ4n) is 6.31. The third-order valence-electron chi connectivity index (χ3n) is 7.56. The highest BCUT2D eigenvalue weighted by Gasteiger charge is 2.54. The van der Waals surface area contributed by atoms with E-state index in [1.54, 1.807) is 7.11 Å². The number of methoxy groups -OCH3 is 1. The first-order chi connectivity index (χ1) is 11.6. The summed E-state index contributed by atoms with van der Waals surface area (Å²) < 4.78 is 5.36. The van der Waals surface area contributed by atoms with Crippen LogP contribution in [0.3, 0.4) is 0 Å². The summed E-state index contributed by atoms with van der Waals surface area (Å²) in [7, 11) is 1.63. The van der Waals surface area contributed by atoms with Gasteiger partial charge in [-0.1, -0.05) is 6.92 Å². The largest absolute Gasteiger partial charge is 0.504 e. The van der Waals surface area contributed by atoms with Crippen LogP contribution in [0.4, 0.5) is 0 Å². The molecule has 3 heteroatoms. The first kappa shape index (κ1) is 15.8. The van der Waals surface area contributed by atoms with Crippen molar-refractivity contribution in [1.82, 2.24) is 0 Å². The molecule has 3 unspecified atom stereocenters. The topological polar surface area (TPSA) is 53.2 Å². The Bertz CT molecular complexity index is 692. The van der Waals surface area contributed by atoms with E-state index in [0.717, 1.165) is 24.7 Å². The zero-order valence-corrected chi connectivity index (χ0v) is 14.7. The quantitative estimate of drug-likeness (QED) is 0.851. The van der Waals surface area contributed by atoms with Gasteiger partial charge in [0.2, 0.25) is 0 Å². The van der Waals surface area contributed by atoms with Crippen LogP contribution in [0.2, 0.25) is 0 Å². The van der Waals surface area contributed by atoms with Gasteiger partial charge < -0.3 is 9.84 Å². The van der Waals surface area contributed by atoms with Crippen molar-refractivity contribution >= 4 is 0 Å². The molecule has 5 atom stereocenters. The van der Waals surface area contributed by atoms with Crippen molar-refractivity contribution in [1.29, 1.82) is 5.26 Å². The Morgan fingerprint density at radius 1 is 1.29 bits per heavy atom. The van der Waals surface area contributed by atoms with Crippen molar-refractivity contribution < 1.29 is 9.84 Å². The lowest BCUT2D eigenvalue weighted by atomic mass is 9.54. The lowest BCUT2D eigenvalue weighted by Crippen LogP contribution is -2.42. The molecule has 24 heavy (non-hydrogen) atoms. The van der Waals surface area contributed by atoms with Crippen LogP contribution < -0.4 is 4.74 Å². The Morgan fingerprint density at radius 3 is 2.88 bits per heavy atom. The Morgan fingerprint density at radius 2 is 2.12 bits per heavy atom. The molecule has 1 aromatic carbocycles. The number of nitrogens with zero attached hydrogens (tertiary/aromatic N) is 1. The number of ether oxygens (including phenoxy) is 1. The SMILES string of the molecule is COc1cc2c(cc1O)CCC1C2CC[C@@]2(C)C1CC[C@@H]2CC#N. The van der Waals surface area contributed by atoms with Gasteiger partial charge in [0.1, 0.15) is 0 Å². The monoisotopic (exact) mass is 325 g/mol. The van der Waals surface area contributed by atoms with E-state index in [2.05, 4.69) is 19.1 Å². The van der Waals surface area contributed by atoms with E-state index < -0.39 is 0 Å². The molecule has 2 fully saturated rings. The summed E-state index contributed by atoms with van der Waals surface area (Å²) in [6.45, 7) is 2.45. The summed E-state index contributed by atoms with van der Waals surface area (Å²) in [6, 6.07) is 6.44. The summed E-state index contributed by atoms with van der Waals surface area (Å²) in [5.74, 6) is 3.55. The summed E-state index contributed by atoms with van der Waals surface area (Å²) >= 11 is 0. The minimum Gasteiger partial charge on any atom is -0.504 e. The summed E-state index contributed by atoms with van der Waals surface area (Å²) in [5.41, 5.74) is 3.08. The highest BCUT2D eigenvalue weighted by Crippen LogP contribution is 2.63. The first-order valence-corrected chi connectivity index (χ1v) is 9.35. The molecule has 128 valence electrons. The normalized spacial score (nSPS) is 37.0. The number of rotatable bonds is 2. The molecule has 1 aromatic rings. The Balaban J connectivity index is 1.68. The molecule has 0 amide bonds. The summed E-state index contributed by atoms with van der Waals surface area (Å²) in [4.78, 5) is 0. The van der Waals surface area contributed by atoms with Gasteiger partial charge in [0, 0.05) is 6.42 Å². The molecule has 0 saturated heterocycles. The van der Waals surface area contributed by atoms with Crippen LogP contribution in [0.15, 0.2) is 12.1 Å². The Hall–Kier alpha value is -1.69. The smallest absolute Gasteiger partial charge is 0.160 e. The highest BCUT2D eigenvalue weighted by atomic mass is 16.5. The maximum Gasteiger partial charge on any atom is 0.160 e. The predicted octanol–water partition coefficient (Wildman–Crippen LogP) is 4.79. The van der Waals surface area contributed by atoms with Gasteiger partial charge in [0.25, 0.3) is 0 Å². The van der Waals surface area contributed by atoms with Crippen LogP contribution in [0, 0.1) is 34.5 Å².